The van der Waals surface area contributed by atoms with Gasteiger partial charge >= 0.3 is 5.69 Å². The maximum Gasteiger partial charge on any atom is 0.329 e. The Kier molecular flexibility index (Phi) is 0.892. The quantitative estimate of drug-likeness (QED) is 0.567. The van der Waals surface area contributed by atoms with Gasteiger partial charge in [-0.2, -0.15) is 0 Å². The third kappa shape index (κ3) is 0.915. The van der Waals surface area contributed by atoms with Gasteiger partial charge in [0, 0.05) is 18.1 Å². The number of hydrogen-bond acceptors (Lipinski definition) is 3. The van der Waals surface area contributed by atoms with Gasteiger partial charge in [-0.1, -0.05) is 0 Å². The number of H-pyrrole nitrogens is 1. The Morgan fingerprint density at radius 1 is 1.62 bits per heavy atom. The van der Waals surface area contributed by atoms with Crippen LogP contribution in [0, 0.1) is 0 Å². The van der Waals surface area contributed by atoms with Gasteiger partial charge in [0.25, 0.3) is 5.56 Å². The lowest BCUT2D eigenvalue weighted by molar-refractivity contribution is 0.829. The van der Waals surface area contributed by atoms with E-state index in [4.69, 9.17) is 4.11 Å². The number of imidazole rings is 1. The van der Waals surface area contributed by atoms with Crippen LogP contribution in [0.15, 0.2) is 15.9 Å². The predicted molar refractivity (Wildman–Crippen MR) is 46.6 cm³/mol. The van der Waals surface area contributed by atoms with Crippen molar-refractivity contribution in [2.24, 2.45) is 14.0 Å². The summed E-state index contributed by atoms with van der Waals surface area (Å²) in [4.78, 5) is 28.5. The van der Waals surface area contributed by atoms with Gasteiger partial charge < -0.3 is 4.57 Å². The topological polar surface area (TPSA) is 72.7 Å². The SMILES string of the molecule is [2H]C([2H])([2H])n1cnc2c1c(=O)[nH]c(=O)n2C. The van der Waals surface area contributed by atoms with Crippen LogP contribution in [0.1, 0.15) is 4.11 Å². The molecule has 0 atom stereocenters. The molecule has 0 spiro atoms. The Balaban J connectivity index is 3.00. The zero-order valence-electron chi connectivity index (χ0n) is 9.74. The highest BCUT2D eigenvalue weighted by Gasteiger charge is 2.08. The van der Waals surface area contributed by atoms with Crippen LogP contribution in [-0.2, 0) is 14.0 Å². The first-order valence-corrected chi connectivity index (χ1v) is 3.49. The lowest BCUT2D eigenvalue weighted by Crippen LogP contribution is -2.28. The molecule has 0 aliphatic carbocycles. The van der Waals surface area contributed by atoms with E-state index in [1.54, 1.807) is 0 Å². The van der Waals surface area contributed by atoms with Crippen molar-refractivity contribution < 1.29 is 4.11 Å². The third-order valence-corrected chi connectivity index (χ3v) is 1.81. The van der Waals surface area contributed by atoms with Crippen molar-refractivity contribution in [3.05, 3.63) is 27.2 Å². The molecule has 0 unspecified atom stereocenters. The molecule has 2 aromatic heterocycles. The van der Waals surface area contributed by atoms with Gasteiger partial charge in [-0.25, -0.2) is 9.78 Å². The van der Waals surface area contributed by atoms with Crippen molar-refractivity contribution in [1.82, 2.24) is 19.1 Å². The first kappa shape index (κ1) is 5.00. The van der Waals surface area contributed by atoms with Crippen molar-refractivity contribution in [3.8, 4) is 0 Å². The Morgan fingerprint density at radius 2 is 2.38 bits per heavy atom. The third-order valence-electron chi connectivity index (χ3n) is 1.81. The van der Waals surface area contributed by atoms with Gasteiger partial charge in [0.05, 0.1) is 6.33 Å². The van der Waals surface area contributed by atoms with E-state index in [9.17, 15) is 9.59 Å². The zero-order valence-corrected chi connectivity index (χ0v) is 6.74. The van der Waals surface area contributed by atoms with Crippen molar-refractivity contribution in [2.75, 3.05) is 0 Å². The van der Waals surface area contributed by atoms with E-state index < -0.39 is 18.2 Å². The van der Waals surface area contributed by atoms with Crippen LogP contribution in [0.5, 0.6) is 0 Å². The second kappa shape index (κ2) is 2.32. The summed E-state index contributed by atoms with van der Waals surface area (Å²) in [6.45, 7) is -2.50. The molecular weight excluding hydrogens is 172 g/mol. The van der Waals surface area contributed by atoms with E-state index in [0.29, 0.717) is 0 Å². The molecule has 0 aromatic carbocycles. The van der Waals surface area contributed by atoms with Crippen molar-refractivity contribution in [1.29, 1.82) is 0 Å². The molecule has 0 fully saturated rings. The van der Waals surface area contributed by atoms with E-state index in [2.05, 4.69) is 4.98 Å². The molecule has 0 amide bonds. The Morgan fingerprint density at radius 3 is 3.08 bits per heavy atom. The van der Waals surface area contributed by atoms with Crippen molar-refractivity contribution in [3.63, 3.8) is 0 Å². The monoisotopic (exact) mass is 183 g/mol. The fourth-order valence-corrected chi connectivity index (χ4v) is 1.13. The molecular formula is C7H8N4O2. The van der Waals surface area contributed by atoms with Crippen LogP contribution in [0.25, 0.3) is 11.2 Å². The molecule has 0 bridgehead atoms. The molecule has 68 valence electrons. The molecule has 0 aliphatic heterocycles. The molecule has 0 radical (unpaired) electrons. The van der Waals surface area contributed by atoms with Crippen molar-refractivity contribution in [2.45, 2.75) is 0 Å². The fourth-order valence-electron chi connectivity index (χ4n) is 1.13. The molecule has 0 aliphatic rings. The minimum atomic E-state index is -2.50. The average Bonchev–Trinajstić information content (AvgIpc) is 2.58. The van der Waals surface area contributed by atoms with Crippen LogP contribution in [0.4, 0.5) is 0 Å². The number of aromatic amines is 1. The summed E-state index contributed by atoms with van der Waals surface area (Å²) in [7, 11) is 1.40. The predicted octanol–water partition coefficient (Wildman–Crippen LogP) is -1.04. The van der Waals surface area contributed by atoms with Crippen LogP contribution < -0.4 is 11.2 Å². The van der Waals surface area contributed by atoms with E-state index in [-0.39, 0.29) is 11.2 Å². The highest BCUT2D eigenvalue weighted by atomic mass is 16.2. The molecule has 13 heavy (non-hydrogen) atoms. The molecule has 6 heteroatoms. The van der Waals surface area contributed by atoms with E-state index in [1.807, 2.05) is 4.98 Å². The van der Waals surface area contributed by atoms with Crippen LogP contribution in [0.3, 0.4) is 0 Å². The maximum absolute atomic E-state index is 11.5. The smallest absolute Gasteiger partial charge is 0.328 e. The summed E-state index contributed by atoms with van der Waals surface area (Å²) >= 11 is 0. The highest BCUT2D eigenvalue weighted by molar-refractivity contribution is 5.69. The molecule has 0 saturated heterocycles. The number of aromatic nitrogens is 4. The van der Waals surface area contributed by atoms with Gasteiger partial charge in [-0.15, -0.1) is 0 Å². The van der Waals surface area contributed by atoms with Gasteiger partial charge in [0.1, 0.15) is 0 Å². The van der Waals surface area contributed by atoms with Crippen LogP contribution >= 0.6 is 0 Å². The van der Waals surface area contributed by atoms with Gasteiger partial charge in [0.15, 0.2) is 11.2 Å². The molecule has 6 nitrogen and oxygen atoms in total. The maximum atomic E-state index is 11.5. The number of nitrogens with one attached hydrogen (secondary N) is 1. The van der Waals surface area contributed by atoms with E-state index in [1.165, 1.54) is 7.05 Å². The number of aryl methyl sites for hydroxylation is 2. The standard InChI is InChI=1S/C7H8N4O2/c1-10-3-8-5-4(10)6(12)9-7(13)11(5)2/h3H,1-2H3,(H,9,12,13)/i1D3. The van der Waals surface area contributed by atoms with E-state index >= 15 is 0 Å². The minimum absolute atomic E-state index is 0.0462. The normalized spacial score (nSPS) is 15.3. The molecule has 2 heterocycles. The van der Waals surface area contributed by atoms with Gasteiger partial charge in [-0.05, 0) is 0 Å². The first-order chi connectivity index (χ1) is 7.32. The zero-order chi connectivity index (χ0) is 12.1. The largest absolute Gasteiger partial charge is 0.329 e. The average molecular weight is 183 g/mol. The molecule has 1 N–H and O–H groups in total. The van der Waals surface area contributed by atoms with Crippen LogP contribution in [0.2, 0.25) is 0 Å². The second-order valence-corrected chi connectivity index (χ2v) is 2.61. The van der Waals surface area contributed by atoms with Crippen molar-refractivity contribution >= 4 is 11.2 Å². The number of rotatable bonds is 0. The number of hydrogen-bond donors (Lipinski definition) is 1. The summed E-state index contributed by atoms with van der Waals surface area (Å²) in [6.07, 6.45) is 1.02. The summed E-state index contributed by atoms with van der Waals surface area (Å²) in [5, 5.41) is 0. The summed E-state index contributed by atoms with van der Waals surface area (Å²) < 4.78 is 23.5. The number of nitrogens with zero attached hydrogens (tertiary/aromatic N) is 3. The second-order valence-electron chi connectivity index (χ2n) is 2.61. The molecule has 2 aromatic rings. The minimum Gasteiger partial charge on any atom is -0.328 e. The Hall–Kier alpha value is -1.85. The Bertz CT molecular complexity index is 663. The first-order valence-electron chi connectivity index (χ1n) is 4.99. The van der Waals surface area contributed by atoms with Crippen LogP contribution in [-0.4, -0.2) is 19.1 Å². The summed E-state index contributed by atoms with van der Waals surface area (Å²) in [5.74, 6) is 0. The highest BCUT2D eigenvalue weighted by Crippen LogP contribution is 2.00. The summed E-state index contributed by atoms with van der Waals surface area (Å²) in [6, 6.07) is 0. The van der Waals surface area contributed by atoms with E-state index in [0.717, 1.165) is 15.5 Å². The summed E-state index contributed by atoms with van der Waals surface area (Å²) in [5.41, 5.74) is -1.48. The molecule has 2 rings (SSSR count). The van der Waals surface area contributed by atoms with Gasteiger partial charge in [-0.3, -0.25) is 14.3 Å². The Labute approximate surface area is 76.7 Å². The fraction of sp³-hybridized carbons (Fsp3) is 0.286. The lowest BCUT2D eigenvalue weighted by atomic mass is 10.5. The molecule has 0 saturated carbocycles. The van der Waals surface area contributed by atoms with Gasteiger partial charge in [0.2, 0.25) is 0 Å². The lowest BCUT2D eigenvalue weighted by Gasteiger charge is -1.97. The number of fused-ring (bicyclic) bond motifs is 1.